The van der Waals surface area contributed by atoms with Gasteiger partial charge in [0.2, 0.25) is 5.91 Å². The van der Waals surface area contributed by atoms with E-state index in [0.29, 0.717) is 0 Å². The second-order valence-corrected chi connectivity index (χ2v) is 5.34. The number of amides is 1. The lowest BCUT2D eigenvalue weighted by molar-refractivity contribution is -0.117. The van der Waals surface area contributed by atoms with Crippen molar-refractivity contribution >= 4 is 11.6 Å². The van der Waals surface area contributed by atoms with Gasteiger partial charge in [0.15, 0.2) is 11.5 Å². The Labute approximate surface area is 225 Å². The molecule has 1 heterocycles. The zero-order valence-electron chi connectivity index (χ0n) is 44.3. The van der Waals surface area contributed by atoms with E-state index in [4.69, 9.17) is 44.5 Å². The number of nitrogens with one attached hydrogen (secondary N) is 1. The van der Waals surface area contributed by atoms with Gasteiger partial charge < -0.3 is 19.9 Å². The smallest absolute Gasteiger partial charge is 0.238 e. The van der Waals surface area contributed by atoms with Crippen molar-refractivity contribution in [3.8, 4) is 11.5 Å². The molecule has 1 amide bonds. The SMILES string of the molecule is [2H]c1c([2H])c([2H])c(OC([2H])([2H])C([2H])(O)C([2H])([2H])N2C([2H])([2H])C([2H])([2H])N(CC(=O)Nc3c(C([2H])([2H])[2H])c([2H])c([2H])c([2H])c3C([2H])([2H])[2H])C([2H])([2H])C2([2H])[2H])c(OC([2H])([2H])[2H])c1[2H]. The van der Waals surface area contributed by atoms with E-state index >= 15 is 0 Å². The number of anilines is 1. The van der Waals surface area contributed by atoms with E-state index in [-0.39, 0.29) is 0 Å². The fourth-order valence-corrected chi connectivity index (χ4v) is 1.93. The fourth-order valence-electron chi connectivity index (χ4n) is 1.93. The first kappa shape index (κ1) is 6.04. The van der Waals surface area contributed by atoms with Gasteiger partial charge in [-0.15, -0.1) is 0 Å². The van der Waals surface area contributed by atoms with Crippen LogP contribution in [0.2, 0.25) is 0 Å². The summed E-state index contributed by atoms with van der Waals surface area (Å²) in [6.07, 6.45) is -4.87. The van der Waals surface area contributed by atoms with Gasteiger partial charge in [0.25, 0.3) is 0 Å². The zero-order valence-corrected chi connectivity index (χ0v) is 15.3. The van der Waals surface area contributed by atoms with Crippen LogP contribution in [-0.2, 0) is 4.79 Å². The van der Waals surface area contributed by atoms with Crippen LogP contribution in [0.25, 0.3) is 0 Å². The van der Waals surface area contributed by atoms with Crippen molar-refractivity contribution in [2.75, 3.05) is 57.9 Å². The molecule has 0 bridgehead atoms. The lowest BCUT2D eigenvalue weighted by atomic mass is 10.1. The standard InChI is InChI=1S/C24H33N3O4/c1-18-7-6-8-19(2)24(18)25-23(29)16-27-13-11-26(12-14-27)15-20(28)17-31-22-10-5-4-9-21(22)30-3/h4-10,20,28H,11-17H2,1-3H3,(H,25,29)/i1D3,2D3,3D3,4D,5D,6D,7D,8D,9D,10D,11D2,12D2,13D2,14D2,15D2,17D2,20D. The minimum atomic E-state index is -4.87. The van der Waals surface area contributed by atoms with E-state index in [2.05, 4.69) is 4.74 Å². The van der Waals surface area contributed by atoms with Crippen molar-refractivity contribution in [3.05, 3.63) is 53.4 Å². The van der Waals surface area contributed by atoms with Crippen LogP contribution in [0, 0.1) is 13.7 Å². The van der Waals surface area contributed by atoms with Crippen LogP contribution in [0.15, 0.2) is 42.3 Å². The largest absolute Gasteiger partial charge is 0.493 e. The van der Waals surface area contributed by atoms with E-state index in [9.17, 15) is 9.90 Å². The van der Waals surface area contributed by atoms with Crippen molar-refractivity contribution in [2.24, 2.45) is 0 Å². The van der Waals surface area contributed by atoms with Crippen LogP contribution in [0.3, 0.4) is 0 Å². The van der Waals surface area contributed by atoms with Crippen LogP contribution in [0.5, 0.6) is 11.5 Å². The Bertz CT molecular complexity index is 1970. The summed E-state index contributed by atoms with van der Waals surface area (Å²) in [5, 5.41) is 12.9. The molecular formula is C24H33N3O4. The van der Waals surface area contributed by atoms with Gasteiger partial charge in [-0.1, -0.05) is 30.2 Å². The molecule has 2 N–H and O–H groups in total. The van der Waals surface area contributed by atoms with E-state index < -0.39 is 159 Å². The third-order valence-electron chi connectivity index (χ3n) is 3.22. The van der Waals surface area contributed by atoms with Gasteiger partial charge in [-0.2, -0.15) is 0 Å². The number of rotatable bonds is 9. The first-order valence-corrected chi connectivity index (χ1v) is 8.03. The quantitative estimate of drug-likeness (QED) is 0.603. The van der Waals surface area contributed by atoms with E-state index in [1.807, 2.05) is 0 Å². The summed E-state index contributed by atoms with van der Waals surface area (Å²) >= 11 is 0. The number of para-hydroxylation sites is 3. The summed E-state index contributed by atoms with van der Waals surface area (Å²) in [6, 6.07) is -8.94. The number of aliphatic hydroxyl groups is 1. The van der Waals surface area contributed by atoms with Gasteiger partial charge in [-0.05, 0) is 36.9 Å². The Morgan fingerprint density at radius 3 is 2.55 bits per heavy atom. The number of nitrogens with zero attached hydrogens (tertiary/aromatic N) is 2. The number of benzene rings is 2. The Balaban J connectivity index is 2.22. The predicted molar refractivity (Wildman–Crippen MR) is 122 cm³/mol. The summed E-state index contributed by atoms with van der Waals surface area (Å²) in [7, 11) is -3.55. The predicted octanol–water partition coefficient (Wildman–Crippen LogP) is 2.31. The van der Waals surface area contributed by atoms with E-state index in [0.717, 1.165) is 0 Å². The lowest BCUT2D eigenvalue weighted by Crippen LogP contribution is -2.50. The summed E-state index contributed by atoms with van der Waals surface area (Å²) in [4.78, 5) is 11.9. The molecule has 3 rings (SSSR count). The molecule has 7 nitrogen and oxygen atoms in total. The van der Waals surface area contributed by atoms with Gasteiger partial charge in [0.05, 0.1) is 31.4 Å². The third kappa shape index (κ3) is 6.69. The molecule has 1 unspecified atom stereocenters. The summed E-state index contributed by atoms with van der Waals surface area (Å²) in [6.45, 7) is -35.8. The maximum Gasteiger partial charge on any atom is 0.238 e. The van der Waals surface area contributed by atoms with Crippen LogP contribution in [-0.4, -0.2) is 79.5 Å². The summed E-state index contributed by atoms with van der Waals surface area (Å²) in [5.41, 5.74) is -3.93. The van der Waals surface area contributed by atoms with Crippen molar-refractivity contribution < 1.29 is 59.1 Å². The minimum absolute atomic E-state index is 0.541. The highest BCUT2D eigenvalue weighted by Gasteiger charge is 2.21. The average molecular weight is 457 g/mol. The molecule has 1 saturated heterocycles. The maximum atomic E-state index is 13.5. The molecule has 1 aliphatic heterocycles. The Hall–Kier alpha value is -2.61. The molecule has 7 heteroatoms. The number of ether oxygens (including phenoxy) is 2. The average Bonchev–Trinajstić information content (AvgIpc) is 3.02. The Morgan fingerprint density at radius 2 is 1.87 bits per heavy atom. The van der Waals surface area contributed by atoms with Crippen molar-refractivity contribution in [1.82, 2.24) is 9.80 Å². The van der Waals surface area contributed by atoms with Gasteiger partial charge in [0, 0.05) is 60.1 Å². The minimum Gasteiger partial charge on any atom is -0.493 e. The number of piperazine rings is 1. The maximum absolute atomic E-state index is 13.5. The molecular weight excluding hydrogens is 394 g/mol. The first-order valence-electron chi connectivity index (χ1n) is 22.5. The molecule has 1 aliphatic rings. The van der Waals surface area contributed by atoms with Crippen molar-refractivity contribution in [1.29, 1.82) is 0 Å². The third-order valence-corrected chi connectivity index (χ3v) is 3.22. The first-order chi connectivity index (χ1) is 26.3. The monoisotopic (exact) mass is 456 g/mol. The van der Waals surface area contributed by atoms with Crippen molar-refractivity contribution in [3.63, 3.8) is 0 Å². The van der Waals surface area contributed by atoms with Crippen LogP contribution in [0.4, 0.5) is 5.69 Å². The van der Waals surface area contributed by atoms with Crippen LogP contribution in [0.1, 0.15) is 50.9 Å². The lowest BCUT2D eigenvalue weighted by Gasteiger charge is -2.35. The summed E-state index contributed by atoms with van der Waals surface area (Å²) in [5.74, 6) is -4.95. The Morgan fingerprint density at radius 1 is 1.19 bits per heavy atom. The molecule has 2 aromatic rings. The number of methoxy groups -OCH3 is 1. The molecule has 1 fully saturated rings. The molecule has 31 heavy (non-hydrogen) atoms. The molecule has 0 aliphatic carbocycles. The Kier molecular flexibility index (Phi) is 2.17. The highest BCUT2D eigenvalue weighted by molar-refractivity contribution is 5.93. The zero-order chi connectivity index (χ0) is 47.5. The molecule has 1 atom stereocenters. The number of β-amino-alcohol motifs (C(OH)–C–C–N with tert-alkyl or cyclic N) is 1. The van der Waals surface area contributed by atoms with Gasteiger partial charge in [-0.3, -0.25) is 14.6 Å². The second-order valence-electron chi connectivity index (χ2n) is 5.34. The molecule has 2 aromatic carbocycles. The van der Waals surface area contributed by atoms with Crippen LogP contribution < -0.4 is 14.8 Å². The van der Waals surface area contributed by atoms with Crippen LogP contribution >= 0.6 is 0 Å². The molecule has 0 radical (unpaired) electrons. The topological polar surface area (TPSA) is 74.3 Å². The van der Waals surface area contributed by atoms with E-state index in [1.165, 1.54) is 0 Å². The van der Waals surface area contributed by atoms with Crippen molar-refractivity contribution in [2.45, 2.75) is 19.8 Å². The summed E-state index contributed by atoms with van der Waals surface area (Å²) < 4.78 is 244. The second kappa shape index (κ2) is 11.1. The van der Waals surface area contributed by atoms with Gasteiger partial charge in [-0.25, -0.2) is 0 Å². The van der Waals surface area contributed by atoms with Gasteiger partial charge in [0.1, 0.15) is 12.6 Å². The van der Waals surface area contributed by atoms with E-state index in [1.54, 1.807) is 5.32 Å². The van der Waals surface area contributed by atoms with Gasteiger partial charge >= 0.3 is 0 Å². The number of carbonyl (C=O) groups excluding carboxylic acids is 1. The number of carbonyl (C=O) groups is 1. The molecule has 0 aromatic heterocycles. The highest BCUT2D eigenvalue weighted by atomic mass is 16.5. The highest BCUT2D eigenvalue weighted by Crippen LogP contribution is 2.25. The molecule has 0 spiro atoms. The normalized spacial score (nSPS) is 39.3. The fraction of sp³-hybridized carbons (Fsp3) is 0.458. The molecule has 168 valence electrons. The number of hydrogen-bond acceptors (Lipinski definition) is 6. The molecule has 0 saturated carbocycles. The number of hydrogen-bond donors (Lipinski definition) is 2.